The van der Waals surface area contributed by atoms with E-state index in [1.807, 2.05) is 6.92 Å². The van der Waals surface area contributed by atoms with Crippen LogP contribution in [0.1, 0.15) is 17.3 Å². The van der Waals surface area contributed by atoms with E-state index >= 15 is 0 Å². The van der Waals surface area contributed by atoms with Crippen molar-refractivity contribution in [3.8, 4) is 5.82 Å². The zero-order chi connectivity index (χ0) is 13.5. The number of rotatable bonds is 6. The maximum absolute atomic E-state index is 11.8. The molecule has 1 amide bonds. The second-order valence-electron chi connectivity index (χ2n) is 3.85. The highest BCUT2D eigenvalue weighted by atomic mass is 35.5. The lowest BCUT2D eigenvalue weighted by Crippen LogP contribution is -2.31. The van der Waals surface area contributed by atoms with Crippen LogP contribution in [-0.2, 0) is 0 Å². The third-order valence-corrected chi connectivity index (χ3v) is 2.50. The summed E-state index contributed by atoms with van der Waals surface area (Å²) in [4.78, 5) is 19.8. The number of carbonyl (C=O) groups excluding carboxylic acids is 1. The van der Waals surface area contributed by atoms with Gasteiger partial charge in [-0.3, -0.25) is 4.79 Å². The molecule has 2 aromatic heterocycles. The van der Waals surface area contributed by atoms with Gasteiger partial charge in [0.25, 0.3) is 5.91 Å². The van der Waals surface area contributed by atoms with Crippen LogP contribution in [0.25, 0.3) is 5.82 Å². The normalized spacial score (nSPS) is 9.38. The van der Waals surface area contributed by atoms with Gasteiger partial charge in [0.2, 0.25) is 0 Å². The number of likely N-dealkylation sites (N-methyl/N-ethyl adjacent to an activating group) is 1. The van der Waals surface area contributed by atoms with Crippen molar-refractivity contribution in [1.82, 2.24) is 30.4 Å². The molecule has 2 N–H and O–H groups in total. The molecule has 0 spiro atoms. The molecular weight excluding hydrogens is 315 g/mol. The number of carbonyl (C=O) groups is 1. The van der Waals surface area contributed by atoms with Gasteiger partial charge in [-0.1, -0.05) is 6.92 Å². The van der Waals surface area contributed by atoms with Crippen LogP contribution < -0.4 is 10.6 Å². The lowest BCUT2D eigenvalue weighted by Gasteiger charge is -2.06. The van der Waals surface area contributed by atoms with E-state index in [0.717, 1.165) is 13.1 Å². The van der Waals surface area contributed by atoms with E-state index in [0.29, 0.717) is 17.9 Å². The smallest absolute Gasteiger partial charge is 0.252 e. The Bertz CT molecular complexity index is 517. The highest BCUT2D eigenvalue weighted by Crippen LogP contribution is 2.03. The van der Waals surface area contributed by atoms with E-state index in [-0.39, 0.29) is 30.7 Å². The Morgan fingerprint density at radius 3 is 2.67 bits per heavy atom. The van der Waals surface area contributed by atoms with E-state index in [1.54, 1.807) is 18.5 Å². The summed E-state index contributed by atoms with van der Waals surface area (Å²) >= 11 is 0. The number of nitrogens with one attached hydrogen (secondary N) is 2. The summed E-state index contributed by atoms with van der Waals surface area (Å²) in [6, 6.07) is 3.44. The summed E-state index contributed by atoms with van der Waals surface area (Å²) in [6.45, 7) is 4.27. The Labute approximate surface area is 135 Å². The Hall–Kier alpha value is -1.70. The predicted molar refractivity (Wildman–Crippen MR) is 84.5 cm³/mol. The number of aromatic nitrogens is 4. The Morgan fingerprint density at radius 1 is 1.29 bits per heavy atom. The molecule has 0 atom stereocenters. The molecule has 0 saturated carbocycles. The Kier molecular flexibility index (Phi) is 9.27. The first-order valence-corrected chi connectivity index (χ1v) is 6.11. The first kappa shape index (κ1) is 19.3. The van der Waals surface area contributed by atoms with E-state index < -0.39 is 0 Å². The topological polar surface area (TPSA) is 84.7 Å². The fraction of sp³-hybridized carbons (Fsp3) is 0.333. The number of hydrogen-bond acceptors (Lipinski definition) is 5. The highest BCUT2D eigenvalue weighted by molar-refractivity contribution is 5.93. The van der Waals surface area contributed by atoms with Crippen LogP contribution in [0, 0.1) is 0 Å². The molecule has 0 aromatic carbocycles. The number of pyridine rings is 1. The summed E-state index contributed by atoms with van der Waals surface area (Å²) in [5.41, 5.74) is 0.528. The monoisotopic (exact) mass is 332 g/mol. The molecule has 0 saturated heterocycles. The molecule has 0 radical (unpaired) electrons. The van der Waals surface area contributed by atoms with E-state index in [2.05, 4.69) is 25.7 Å². The van der Waals surface area contributed by atoms with Crippen LogP contribution in [-0.4, -0.2) is 45.3 Å². The largest absolute Gasteiger partial charge is 0.351 e. The minimum absolute atomic E-state index is 0. The molecule has 2 aromatic rings. The molecule has 0 bridgehead atoms. The lowest BCUT2D eigenvalue weighted by molar-refractivity contribution is 0.0953. The summed E-state index contributed by atoms with van der Waals surface area (Å²) in [7, 11) is 0. The molecule has 0 aliphatic rings. The van der Waals surface area contributed by atoms with Gasteiger partial charge in [-0.2, -0.15) is 5.10 Å². The van der Waals surface area contributed by atoms with Crippen molar-refractivity contribution in [2.75, 3.05) is 19.6 Å². The van der Waals surface area contributed by atoms with Crippen molar-refractivity contribution in [3.05, 3.63) is 36.5 Å². The third-order valence-electron chi connectivity index (χ3n) is 2.50. The van der Waals surface area contributed by atoms with Gasteiger partial charge in [-0.05, 0) is 18.7 Å². The van der Waals surface area contributed by atoms with Crippen molar-refractivity contribution in [2.24, 2.45) is 0 Å². The average molecular weight is 333 g/mol. The van der Waals surface area contributed by atoms with Crippen molar-refractivity contribution in [1.29, 1.82) is 0 Å². The van der Waals surface area contributed by atoms with Crippen LogP contribution in [0.3, 0.4) is 0 Å². The second-order valence-corrected chi connectivity index (χ2v) is 3.85. The van der Waals surface area contributed by atoms with Crippen LogP contribution in [0.15, 0.2) is 31.0 Å². The van der Waals surface area contributed by atoms with Gasteiger partial charge >= 0.3 is 0 Å². The standard InChI is InChI=1S/C12H16N6O.2ClH/c1-2-13-5-6-15-12(19)10-3-4-11(16-7-10)18-9-14-8-17-18;;/h3-4,7-9,13H,2,5-6H2,1H3,(H,15,19);2*1H. The molecule has 9 heteroatoms. The molecule has 0 aliphatic carbocycles. The number of hydrogen-bond donors (Lipinski definition) is 2. The quantitative estimate of drug-likeness (QED) is 0.766. The summed E-state index contributed by atoms with van der Waals surface area (Å²) in [6.07, 6.45) is 4.52. The van der Waals surface area contributed by atoms with E-state index in [4.69, 9.17) is 0 Å². The van der Waals surface area contributed by atoms with E-state index in [9.17, 15) is 4.79 Å². The molecule has 0 fully saturated rings. The number of amides is 1. The van der Waals surface area contributed by atoms with Gasteiger partial charge in [0.15, 0.2) is 5.82 Å². The number of nitrogens with zero attached hydrogens (tertiary/aromatic N) is 4. The second kappa shape index (κ2) is 10.1. The molecule has 2 rings (SSSR count). The van der Waals surface area contributed by atoms with Crippen LogP contribution in [0.5, 0.6) is 0 Å². The highest BCUT2D eigenvalue weighted by Gasteiger charge is 2.06. The summed E-state index contributed by atoms with van der Waals surface area (Å²) < 4.78 is 1.53. The van der Waals surface area contributed by atoms with Gasteiger partial charge in [0.1, 0.15) is 12.7 Å². The maximum atomic E-state index is 11.8. The average Bonchev–Trinajstić information content (AvgIpc) is 2.98. The van der Waals surface area contributed by atoms with Crippen LogP contribution in [0.4, 0.5) is 0 Å². The molecule has 0 aliphatic heterocycles. The predicted octanol–water partition coefficient (Wildman–Crippen LogP) is 0.845. The number of halogens is 2. The van der Waals surface area contributed by atoms with E-state index in [1.165, 1.54) is 17.2 Å². The molecule has 116 valence electrons. The van der Waals surface area contributed by atoms with Crippen molar-refractivity contribution in [2.45, 2.75) is 6.92 Å². The van der Waals surface area contributed by atoms with Gasteiger partial charge in [0, 0.05) is 19.3 Å². The van der Waals surface area contributed by atoms with Crippen molar-refractivity contribution < 1.29 is 4.79 Å². The van der Waals surface area contributed by atoms with Gasteiger partial charge in [0.05, 0.1) is 5.56 Å². The van der Waals surface area contributed by atoms with Crippen molar-refractivity contribution >= 4 is 30.7 Å². The summed E-state index contributed by atoms with van der Waals surface area (Å²) in [5, 5.41) is 9.91. The third kappa shape index (κ3) is 5.66. The zero-order valence-electron chi connectivity index (χ0n) is 11.5. The van der Waals surface area contributed by atoms with Crippen LogP contribution in [0.2, 0.25) is 0 Å². The Balaban J connectivity index is 0.00000200. The minimum Gasteiger partial charge on any atom is -0.351 e. The molecular formula is C12H18Cl2N6O. The fourth-order valence-corrected chi connectivity index (χ4v) is 1.53. The molecule has 21 heavy (non-hydrogen) atoms. The molecule has 2 heterocycles. The van der Waals surface area contributed by atoms with Gasteiger partial charge in [-0.15, -0.1) is 24.8 Å². The fourth-order valence-electron chi connectivity index (χ4n) is 1.53. The summed E-state index contributed by atoms with van der Waals surface area (Å²) in [5.74, 6) is 0.497. The minimum atomic E-state index is -0.129. The zero-order valence-corrected chi connectivity index (χ0v) is 13.2. The lowest BCUT2D eigenvalue weighted by atomic mass is 10.2. The first-order chi connectivity index (χ1) is 9.31. The first-order valence-electron chi connectivity index (χ1n) is 6.11. The Morgan fingerprint density at radius 2 is 2.10 bits per heavy atom. The molecule has 0 unspecified atom stereocenters. The SMILES string of the molecule is CCNCCNC(=O)c1ccc(-n2cncn2)nc1.Cl.Cl. The van der Waals surface area contributed by atoms with Gasteiger partial charge in [-0.25, -0.2) is 14.6 Å². The molecule has 7 nitrogen and oxygen atoms in total. The van der Waals surface area contributed by atoms with Gasteiger partial charge < -0.3 is 10.6 Å². The maximum Gasteiger partial charge on any atom is 0.252 e. The van der Waals surface area contributed by atoms with Crippen molar-refractivity contribution in [3.63, 3.8) is 0 Å². The van der Waals surface area contributed by atoms with Crippen LogP contribution >= 0.6 is 24.8 Å².